The van der Waals surface area contributed by atoms with E-state index in [1.165, 1.54) is 24.2 Å². The molecular weight excluding hydrogens is 236 g/mol. The second kappa shape index (κ2) is 4.19. The molecule has 5 nitrogen and oxygen atoms in total. The molecule has 0 radical (unpaired) electrons. The molecule has 3 rings (SSSR count). The molecule has 1 saturated carbocycles. The molecule has 0 aliphatic heterocycles. The van der Waals surface area contributed by atoms with Gasteiger partial charge in [-0.3, -0.25) is 0 Å². The van der Waals surface area contributed by atoms with Gasteiger partial charge in [0.15, 0.2) is 0 Å². The van der Waals surface area contributed by atoms with Crippen molar-refractivity contribution in [3.8, 4) is 11.5 Å². The van der Waals surface area contributed by atoms with Gasteiger partial charge in [0.25, 0.3) is 0 Å². The number of nitrogens with zero attached hydrogens (tertiary/aromatic N) is 3. The second-order valence-electron chi connectivity index (χ2n) is 4.63. The van der Waals surface area contributed by atoms with Crippen LogP contribution in [0.15, 0.2) is 15.4 Å². The number of hydrogen-bond acceptors (Lipinski definition) is 6. The molecule has 2 N–H and O–H groups in total. The van der Waals surface area contributed by atoms with Crippen molar-refractivity contribution in [3.63, 3.8) is 0 Å². The molecule has 0 unspecified atom stereocenters. The molecule has 17 heavy (non-hydrogen) atoms. The van der Waals surface area contributed by atoms with Crippen LogP contribution in [-0.4, -0.2) is 20.7 Å². The largest absolute Gasteiger partial charge is 0.339 e. The molecule has 0 spiro atoms. The van der Waals surface area contributed by atoms with Crippen molar-refractivity contribution < 1.29 is 4.52 Å². The highest BCUT2D eigenvalue weighted by atomic mass is 32.1. The molecule has 0 saturated heterocycles. The molecule has 2 aromatic heterocycles. The Kier molecular flexibility index (Phi) is 2.68. The van der Waals surface area contributed by atoms with Crippen molar-refractivity contribution in [2.24, 2.45) is 5.73 Å². The highest BCUT2D eigenvalue weighted by molar-refractivity contribution is 7.07. The lowest BCUT2D eigenvalue weighted by molar-refractivity contribution is 0.329. The van der Waals surface area contributed by atoms with Gasteiger partial charge in [-0.25, -0.2) is 4.98 Å². The molecule has 1 aliphatic rings. The number of thiazole rings is 1. The molecule has 0 atom stereocenters. The predicted molar refractivity (Wildman–Crippen MR) is 64.5 cm³/mol. The molecule has 90 valence electrons. The fraction of sp³-hybridized carbons (Fsp3) is 0.545. The van der Waals surface area contributed by atoms with Gasteiger partial charge in [-0.15, -0.1) is 11.3 Å². The Morgan fingerprint density at radius 1 is 1.41 bits per heavy atom. The number of aromatic nitrogens is 3. The third-order valence-electron chi connectivity index (χ3n) is 3.23. The third-order valence-corrected chi connectivity index (χ3v) is 3.82. The van der Waals surface area contributed by atoms with Crippen LogP contribution in [0.4, 0.5) is 0 Å². The zero-order valence-corrected chi connectivity index (χ0v) is 10.2. The van der Waals surface area contributed by atoms with Gasteiger partial charge in [0, 0.05) is 17.3 Å². The van der Waals surface area contributed by atoms with Gasteiger partial charge in [-0.1, -0.05) is 18.0 Å². The first-order valence-electron chi connectivity index (χ1n) is 5.75. The average molecular weight is 250 g/mol. The maximum Gasteiger partial charge on any atom is 0.228 e. The summed E-state index contributed by atoms with van der Waals surface area (Å²) >= 11 is 1.52. The van der Waals surface area contributed by atoms with Crippen LogP contribution in [-0.2, 0) is 6.42 Å². The van der Waals surface area contributed by atoms with Crippen LogP contribution >= 0.6 is 11.3 Å². The smallest absolute Gasteiger partial charge is 0.228 e. The van der Waals surface area contributed by atoms with Crippen LogP contribution in [0.1, 0.15) is 31.6 Å². The van der Waals surface area contributed by atoms with E-state index in [1.807, 2.05) is 5.38 Å². The van der Waals surface area contributed by atoms with E-state index in [0.29, 0.717) is 18.1 Å². The fourth-order valence-electron chi connectivity index (χ4n) is 2.31. The van der Waals surface area contributed by atoms with Crippen molar-refractivity contribution in [1.29, 1.82) is 0 Å². The lowest BCUT2D eigenvalue weighted by Crippen LogP contribution is -2.38. The summed E-state index contributed by atoms with van der Waals surface area (Å²) in [5.41, 5.74) is 8.65. The quantitative estimate of drug-likeness (QED) is 0.901. The Morgan fingerprint density at radius 3 is 2.94 bits per heavy atom. The van der Waals surface area contributed by atoms with E-state index in [-0.39, 0.29) is 5.54 Å². The molecular formula is C11H14N4OS. The van der Waals surface area contributed by atoms with Crippen LogP contribution < -0.4 is 5.73 Å². The summed E-state index contributed by atoms with van der Waals surface area (Å²) in [5.74, 6) is 1.18. The highest BCUT2D eigenvalue weighted by Crippen LogP contribution is 2.30. The zero-order valence-electron chi connectivity index (χ0n) is 9.43. The second-order valence-corrected chi connectivity index (χ2v) is 5.35. The van der Waals surface area contributed by atoms with Crippen LogP contribution in [0.3, 0.4) is 0 Å². The summed E-state index contributed by atoms with van der Waals surface area (Å²) < 4.78 is 5.24. The van der Waals surface area contributed by atoms with Crippen LogP contribution in [0, 0.1) is 0 Å². The summed E-state index contributed by atoms with van der Waals surface area (Å²) in [4.78, 5) is 8.50. The minimum Gasteiger partial charge on any atom is -0.339 e. The van der Waals surface area contributed by atoms with Crippen LogP contribution in [0.5, 0.6) is 0 Å². The lowest BCUT2D eigenvalue weighted by atomic mass is 9.95. The molecule has 1 fully saturated rings. The molecule has 2 heterocycles. The van der Waals surface area contributed by atoms with E-state index < -0.39 is 0 Å². The van der Waals surface area contributed by atoms with Gasteiger partial charge in [0.05, 0.1) is 5.51 Å². The Bertz CT molecular complexity index is 487. The standard InChI is InChI=1S/C11H14N4OS/c12-11(3-1-2-4-11)5-9-14-10(15-16-9)8-6-17-7-13-8/h6-7H,1-5,12H2. The molecule has 0 bridgehead atoms. The lowest BCUT2D eigenvalue weighted by Gasteiger charge is -2.20. The summed E-state index contributed by atoms with van der Waals surface area (Å²) in [5, 5.41) is 5.84. The van der Waals surface area contributed by atoms with Crippen molar-refractivity contribution in [2.45, 2.75) is 37.6 Å². The van der Waals surface area contributed by atoms with Crippen molar-refractivity contribution in [2.75, 3.05) is 0 Å². The van der Waals surface area contributed by atoms with E-state index in [4.69, 9.17) is 10.3 Å². The minimum absolute atomic E-state index is 0.147. The van der Waals surface area contributed by atoms with Gasteiger partial charge >= 0.3 is 0 Å². The van der Waals surface area contributed by atoms with E-state index in [0.717, 1.165) is 18.5 Å². The van der Waals surface area contributed by atoms with Gasteiger partial charge in [-0.05, 0) is 12.8 Å². The highest BCUT2D eigenvalue weighted by Gasteiger charge is 2.31. The monoisotopic (exact) mass is 250 g/mol. The molecule has 0 aromatic carbocycles. The zero-order chi connectivity index (χ0) is 11.7. The first-order valence-corrected chi connectivity index (χ1v) is 6.70. The predicted octanol–water partition coefficient (Wildman–Crippen LogP) is 2.01. The minimum atomic E-state index is -0.147. The summed E-state index contributed by atoms with van der Waals surface area (Å²) in [7, 11) is 0. The Morgan fingerprint density at radius 2 is 2.24 bits per heavy atom. The molecule has 1 aliphatic carbocycles. The SMILES string of the molecule is NC1(Cc2nc(-c3cscn3)no2)CCCC1. The van der Waals surface area contributed by atoms with Crippen molar-refractivity contribution >= 4 is 11.3 Å². The van der Waals surface area contributed by atoms with Gasteiger partial charge in [0.2, 0.25) is 11.7 Å². The molecule has 6 heteroatoms. The van der Waals surface area contributed by atoms with Crippen molar-refractivity contribution in [3.05, 3.63) is 16.8 Å². The van der Waals surface area contributed by atoms with Crippen LogP contribution in [0.25, 0.3) is 11.5 Å². The van der Waals surface area contributed by atoms with E-state index >= 15 is 0 Å². The normalized spacial score (nSPS) is 18.6. The average Bonchev–Trinajstić information content (AvgIpc) is 2.98. The maximum absolute atomic E-state index is 6.28. The van der Waals surface area contributed by atoms with Crippen molar-refractivity contribution in [1.82, 2.24) is 15.1 Å². The van der Waals surface area contributed by atoms with E-state index in [1.54, 1.807) is 5.51 Å². The van der Waals surface area contributed by atoms with Crippen LogP contribution in [0.2, 0.25) is 0 Å². The van der Waals surface area contributed by atoms with E-state index in [2.05, 4.69) is 15.1 Å². The summed E-state index contributed by atoms with van der Waals surface area (Å²) in [6, 6.07) is 0. The van der Waals surface area contributed by atoms with Gasteiger partial charge < -0.3 is 10.3 Å². The summed E-state index contributed by atoms with van der Waals surface area (Å²) in [6.07, 6.45) is 5.15. The number of hydrogen-bond donors (Lipinski definition) is 1. The van der Waals surface area contributed by atoms with Gasteiger partial charge in [0.1, 0.15) is 5.69 Å². The topological polar surface area (TPSA) is 77.8 Å². The third kappa shape index (κ3) is 2.23. The Hall–Kier alpha value is -1.27. The first-order chi connectivity index (χ1) is 8.25. The Labute approximate surface area is 103 Å². The molecule has 2 aromatic rings. The van der Waals surface area contributed by atoms with Gasteiger partial charge in [-0.2, -0.15) is 4.98 Å². The molecule has 0 amide bonds. The summed E-state index contributed by atoms with van der Waals surface area (Å²) in [6.45, 7) is 0. The first kappa shape index (κ1) is 10.9. The Balaban J connectivity index is 1.77. The maximum atomic E-state index is 6.28. The fourth-order valence-corrected chi connectivity index (χ4v) is 2.84. The number of nitrogens with two attached hydrogens (primary N) is 1. The van der Waals surface area contributed by atoms with E-state index in [9.17, 15) is 0 Å². The number of rotatable bonds is 3.